The third-order valence-corrected chi connectivity index (χ3v) is 3.86. The highest BCUT2D eigenvalue weighted by molar-refractivity contribution is 7.98. The second-order valence-electron chi connectivity index (χ2n) is 4.46. The summed E-state index contributed by atoms with van der Waals surface area (Å²) in [4.78, 5) is 8.94. The van der Waals surface area contributed by atoms with Crippen molar-refractivity contribution in [2.24, 2.45) is 0 Å². The van der Waals surface area contributed by atoms with Gasteiger partial charge in [-0.15, -0.1) is 0 Å². The van der Waals surface area contributed by atoms with Crippen LogP contribution in [0.15, 0.2) is 29.6 Å². The Morgan fingerprint density at radius 3 is 2.84 bits per heavy atom. The Morgan fingerprint density at radius 1 is 1.32 bits per heavy atom. The molecule has 0 spiro atoms. The van der Waals surface area contributed by atoms with Gasteiger partial charge in [0.1, 0.15) is 0 Å². The van der Waals surface area contributed by atoms with E-state index in [1.807, 2.05) is 18.5 Å². The van der Waals surface area contributed by atoms with E-state index in [-0.39, 0.29) is 6.61 Å². The van der Waals surface area contributed by atoms with Gasteiger partial charge in [-0.2, -0.15) is 0 Å². The third kappa shape index (κ3) is 1.99. The standard InChI is InChI=1S/C14H15N3OS/c1-9-7-10-3-4-11-8-15-14(19-2)16-12(11)13(10)17(9)5-6-18/h3-4,7-8,18H,5-6H2,1-2H3. The van der Waals surface area contributed by atoms with E-state index in [9.17, 15) is 5.11 Å². The van der Waals surface area contributed by atoms with Crippen molar-refractivity contribution < 1.29 is 5.11 Å². The van der Waals surface area contributed by atoms with Crippen LogP contribution in [0, 0.1) is 6.92 Å². The number of aliphatic hydroxyl groups is 1. The number of hydrogen-bond acceptors (Lipinski definition) is 4. The van der Waals surface area contributed by atoms with Crippen LogP contribution in [0.5, 0.6) is 0 Å². The van der Waals surface area contributed by atoms with E-state index in [1.54, 1.807) is 0 Å². The average Bonchev–Trinajstić information content (AvgIpc) is 2.75. The van der Waals surface area contributed by atoms with Crippen molar-refractivity contribution in [3.63, 3.8) is 0 Å². The maximum absolute atomic E-state index is 9.24. The van der Waals surface area contributed by atoms with Crippen LogP contribution in [-0.4, -0.2) is 32.5 Å². The molecular weight excluding hydrogens is 258 g/mol. The zero-order valence-corrected chi connectivity index (χ0v) is 11.7. The second kappa shape index (κ2) is 4.83. The van der Waals surface area contributed by atoms with Crippen molar-refractivity contribution in [1.29, 1.82) is 0 Å². The van der Waals surface area contributed by atoms with Gasteiger partial charge in [0.25, 0.3) is 0 Å². The first-order valence-electron chi connectivity index (χ1n) is 6.15. The van der Waals surface area contributed by atoms with Gasteiger partial charge in [0.15, 0.2) is 5.16 Å². The van der Waals surface area contributed by atoms with Crippen LogP contribution >= 0.6 is 11.8 Å². The van der Waals surface area contributed by atoms with Crippen LogP contribution in [0.25, 0.3) is 21.8 Å². The van der Waals surface area contributed by atoms with Crippen molar-refractivity contribution in [3.05, 3.63) is 30.1 Å². The molecule has 98 valence electrons. The van der Waals surface area contributed by atoms with Crippen molar-refractivity contribution >= 4 is 33.6 Å². The zero-order chi connectivity index (χ0) is 13.4. The first kappa shape index (κ1) is 12.4. The molecule has 3 rings (SSSR count). The molecule has 0 aliphatic rings. The largest absolute Gasteiger partial charge is 0.395 e. The Bertz CT molecular complexity index is 751. The molecule has 0 aliphatic carbocycles. The van der Waals surface area contributed by atoms with Crippen molar-refractivity contribution in [3.8, 4) is 0 Å². The van der Waals surface area contributed by atoms with Crippen LogP contribution in [0.3, 0.4) is 0 Å². The fraction of sp³-hybridized carbons (Fsp3) is 0.286. The van der Waals surface area contributed by atoms with Gasteiger partial charge in [-0.05, 0) is 19.2 Å². The fourth-order valence-electron chi connectivity index (χ4n) is 2.45. The van der Waals surface area contributed by atoms with Gasteiger partial charge in [-0.1, -0.05) is 23.9 Å². The van der Waals surface area contributed by atoms with Crippen LogP contribution in [0.2, 0.25) is 0 Å². The molecule has 0 unspecified atom stereocenters. The summed E-state index contributed by atoms with van der Waals surface area (Å²) >= 11 is 1.54. The molecule has 2 heterocycles. The van der Waals surface area contributed by atoms with Gasteiger partial charge < -0.3 is 9.67 Å². The Kier molecular flexibility index (Phi) is 3.16. The number of aromatic nitrogens is 3. The molecule has 0 atom stereocenters. The van der Waals surface area contributed by atoms with E-state index < -0.39 is 0 Å². The molecule has 0 radical (unpaired) electrons. The van der Waals surface area contributed by atoms with E-state index in [0.717, 1.165) is 32.7 Å². The molecule has 2 aromatic heterocycles. The number of fused-ring (bicyclic) bond motifs is 3. The van der Waals surface area contributed by atoms with Crippen LogP contribution in [0.1, 0.15) is 5.69 Å². The maximum Gasteiger partial charge on any atom is 0.187 e. The molecule has 19 heavy (non-hydrogen) atoms. The molecule has 5 heteroatoms. The average molecular weight is 273 g/mol. The van der Waals surface area contributed by atoms with Gasteiger partial charge in [-0.3, -0.25) is 0 Å². The lowest BCUT2D eigenvalue weighted by Gasteiger charge is -2.08. The molecule has 0 saturated carbocycles. The third-order valence-electron chi connectivity index (χ3n) is 3.30. The van der Waals surface area contributed by atoms with Gasteiger partial charge >= 0.3 is 0 Å². The van der Waals surface area contributed by atoms with Crippen LogP contribution in [0.4, 0.5) is 0 Å². The van der Waals surface area contributed by atoms with Gasteiger partial charge in [-0.25, -0.2) is 9.97 Å². The quantitative estimate of drug-likeness (QED) is 0.588. The van der Waals surface area contributed by atoms with Crippen molar-refractivity contribution in [2.45, 2.75) is 18.6 Å². The molecule has 0 aliphatic heterocycles. The lowest BCUT2D eigenvalue weighted by atomic mass is 10.2. The lowest BCUT2D eigenvalue weighted by molar-refractivity contribution is 0.277. The maximum atomic E-state index is 9.24. The minimum Gasteiger partial charge on any atom is -0.395 e. The van der Waals surface area contributed by atoms with Gasteiger partial charge in [0, 0.05) is 29.2 Å². The second-order valence-corrected chi connectivity index (χ2v) is 5.23. The number of thioether (sulfide) groups is 1. The smallest absolute Gasteiger partial charge is 0.187 e. The number of aryl methyl sites for hydroxylation is 1. The highest BCUT2D eigenvalue weighted by atomic mass is 32.2. The summed E-state index contributed by atoms with van der Waals surface area (Å²) in [5, 5.41) is 12.2. The van der Waals surface area contributed by atoms with E-state index in [2.05, 4.69) is 33.6 Å². The predicted molar refractivity (Wildman–Crippen MR) is 78.6 cm³/mol. The van der Waals surface area contributed by atoms with E-state index in [0.29, 0.717) is 6.54 Å². The highest BCUT2D eigenvalue weighted by Crippen LogP contribution is 2.27. The fourth-order valence-corrected chi connectivity index (χ4v) is 2.79. The molecule has 1 N–H and O–H groups in total. The van der Waals surface area contributed by atoms with Crippen molar-refractivity contribution in [2.75, 3.05) is 12.9 Å². The Morgan fingerprint density at radius 2 is 2.11 bits per heavy atom. The predicted octanol–water partition coefficient (Wildman–Crippen LogP) is 2.61. The summed E-state index contributed by atoms with van der Waals surface area (Å²) in [6.45, 7) is 2.77. The molecule has 3 aromatic rings. The number of hydrogen-bond donors (Lipinski definition) is 1. The highest BCUT2D eigenvalue weighted by Gasteiger charge is 2.11. The summed E-state index contributed by atoms with van der Waals surface area (Å²) in [5.41, 5.74) is 3.18. The van der Waals surface area contributed by atoms with Crippen molar-refractivity contribution in [1.82, 2.24) is 14.5 Å². The van der Waals surface area contributed by atoms with E-state index in [4.69, 9.17) is 0 Å². The number of rotatable bonds is 3. The zero-order valence-electron chi connectivity index (χ0n) is 10.9. The molecule has 0 amide bonds. The first-order chi connectivity index (χ1) is 9.24. The Hall–Kier alpha value is -1.59. The first-order valence-corrected chi connectivity index (χ1v) is 7.37. The minimum atomic E-state index is 0.126. The normalized spacial score (nSPS) is 11.5. The lowest BCUT2D eigenvalue weighted by Crippen LogP contribution is -2.04. The molecule has 1 aromatic carbocycles. The molecule has 0 saturated heterocycles. The summed E-state index contributed by atoms with van der Waals surface area (Å²) in [5.74, 6) is 0. The molecular formula is C14H15N3OS. The summed E-state index contributed by atoms with van der Waals surface area (Å²) in [6, 6.07) is 6.26. The van der Waals surface area contributed by atoms with Gasteiger partial charge in [0.05, 0.1) is 17.6 Å². The van der Waals surface area contributed by atoms with E-state index >= 15 is 0 Å². The number of aliphatic hydroxyl groups excluding tert-OH is 1. The number of benzene rings is 1. The molecule has 4 nitrogen and oxygen atoms in total. The molecule has 0 fully saturated rings. The Labute approximate surface area is 115 Å². The van der Waals surface area contributed by atoms with Gasteiger partial charge in [0.2, 0.25) is 0 Å². The summed E-state index contributed by atoms with van der Waals surface area (Å²) < 4.78 is 2.12. The topological polar surface area (TPSA) is 50.9 Å². The SMILES string of the molecule is CSc1ncc2ccc3cc(C)n(CCO)c3c2n1. The van der Waals surface area contributed by atoms with E-state index in [1.165, 1.54) is 11.8 Å². The molecule has 0 bridgehead atoms. The minimum absolute atomic E-state index is 0.126. The number of nitrogens with zero attached hydrogens (tertiary/aromatic N) is 3. The van der Waals surface area contributed by atoms with Crippen LogP contribution in [-0.2, 0) is 6.54 Å². The summed E-state index contributed by atoms with van der Waals surface area (Å²) in [6.07, 6.45) is 3.83. The summed E-state index contributed by atoms with van der Waals surface area (Å²) in [7, 11) is 0. The Balaban J connectivity index is 2.41. The monoisotopic (exact) mass is 273 g/mol. The van der Waals surface area contributed by atoms with Crippen LogP contribution < -0.4 is 0 Å².